The molecule has 8 heteroatoms. The maximum atomic E-state index is 12.4. The molecule has 1 aromatic heterocycles. The predicted octanol–water partition coefficient (Wildman–Crippen LogP) is 1.50. The number of nitrogens with one attached hydrogen (secondary N) is 3. The van der Waals surface area contributed by atoms with E-state index in [9.17, 15) is 8.42 Å². The molecule has 0 fully saturated rings. The maximum absolute atomic E-state index is 12.4. The summed E-state index contributed by atoms with van der Waals surface area (Å²) in [6, 6.07) is 0. The van der Waals surface area contributed by atoms with Crippen molar-refractivity contribution in [3.63, 3.8) is 0 Å². The molecule has 0 saturated heterocycles. The average Bonchev–Trinajstić information content (AvgIpc) is 2.80. The second-order valence-corrected chi connectivity index (χ2v) is 7.81. The molecule has 3 N–H and O–H groups in total. The summed E-state index contributed by atoms with van der Waals surface area (Å²) in [5.74, 6) is 1.21. The van der Waals surface area contributed by atoms with Crippen molar-refractivity contribution < 1.29 is 8.42 Å². The summed E-state index contributed by atoms with van der Waals surface area (Å²) in [5.41, 5.74) is 1.50. The molecule has 0 aliphatic rings. The normalized spacial score (nSPS) is 13.5. The molecule has 0 saturated carbocycles. The van der Waals surface area contributed by atoms with Crippen molar-refractivity contribution in [1.29, 1.82) is 0 Å². The quantitative estimate of drug-likeness (QED) is 0.564. The van der Waals surface area contributed by atoms with E-state index in [0.717, 1.165) is 24.4 Å². The Bertz CT molecular complexity index is 528. The fourth-order valence-electron chi connectivity index (χ4n) is 1.91. The third-order valence-electron chi connectivity index (χ3n) is 3.09. The number of aryl methyl sites for hydroxylation is 1. The van der Waals surface area contributed by atoms with Gasteiger partial charge in [-0.2, -0.15) is 16.9 Å². The molecular weight excluding hydrogens is 308 g/mol. The van der Waals surface area contributed by atoms with E-state index in [1.165, 1.54) is 0 Å². The van der Waals surface area contributed by atoms with E-state index in [2.05, 4.69) is 27.2 Å². The largest absolute Gasteiger partial charge is 0.313 e. The summed E-state index contributed by atoms with van der Waals surface area (Å²) < 4.78 is 27.4. The Hall–Kier alpha value is -0.570. The van der Waals surface area contributed by atoms with Crippen molar-refractivity contribution in [2.75, 3.05) is 25.1 Å². The molecule has 0 aromatic carbocycles. The number of hydrogen-bond acceptors (Lipinski definition) is 5. The van der Waals surface area contributed by atoms with Crippen LogP contribution in [0.3, 0.4) is 0 Å². The lowest BCUT2D eigenvalue weighted by Gasteiger charge is -2.12. The fourth-order valence-corrected chi connectivity index (χ4v) is 3.96. The van der Waals surface area contributed by atoms with Gasteiger partial charge in [0.15, 0.2) is 5.03 Å². The Balaban J connectivity index is 2.78. The number of nitrogens with zero attached hydrogens (tertiary/aromatic N) is 1. The van der Waals surface area contributed by atoms with Gasteiger partial charge in [-0.15, -0.1) is 0 Å². The highest BCUT2D eigenvalue weighted by molar-refractivity contribution is 7.98. The molecule has 1 atom stereocenters. The van der Waals surface area contributed by atoms with Gasteiger partial charge in [0.2, 0.25) is 0 Å². The lowest BCUT2D eigenvalue weighted by molar-refractivity contribution is 0.556. The molecule has 0 radical (unpaired) electrons. The zero-order valence-corrected chi connectivity index (χ0v) is 14.8. The van der Waals surface area contributed by atoms with Crippen LogP contribution in [0.1, 0.15) is 31.5 Å². The highest BCUT2D eigenvalue weighted by Gasteiger charge is 2.23. The molecule has 0 bridgehead atoms. The van der Waals surface area contributed by atoms with Crippen LogP contribution in [-0.2, 0) is 16.6 Å². The van der Waals surface area contributed by atoms with E-state index >= 15 is 0 Å². The fraction of sp³-hybridized carbons (Fsp3) is 0.769. The standard InChI is InChI=1S/C13H26N4O2S2/c1-5-6-14-8-12-11(3)16-17-13(12)21(18,19)15-7-10(2)9-20-4/h10,14-15H,5-9H2,1-4H3,(H,16,17). The molecule has 0 aliphatic carbocycles. The topological polar surface area (TPSA) is 86.9 Å². The first-order valence-electron chi connectivity index (χ1n) is 7.15. The van der Waals surface area contributed by atoms with Crippen LogP contribution in [-0.4, -0.2) is 43.7 Å². The summed E-state index contributed by atoms with van der Waals surface area (Å²) in [6.07, 6.45) is 3.02. The van der Waals surface area contributed by atoms with Crippen LogP contribution >= 0.6 is 11.8 Å². The summed E-state index contributed by atoms with van der Waals surface area (Å²) in [6.45, 7) is 7.72. The SMILES string of the molecule is CCCNCc1c(S(=O)(=O)NCC(C)CSC)n[nH]c1C. The summed E-state index contributed by atoms with van der Waals surface area (Å²) in [4.78, 5) is 0. The second-order valence-electron chi connectivity index (χ2n) is 5.22. The lowest BCUT2D eigenvalue weighted by atomic mass is 10.2. The molecule has 1 aromatic rings. The summed E-state index contributed by atoms with van der Waals surface area (Å²) in [5, 5.41) is 10.1. The first-order chi connectivity index (χ1) is 9.92. The van der Waals surface area contributed by atoms with Gasteiger partial charge in [0.1, 0.15) is 0 Å². The molecule has 122 valence electrons. The Labute approximate surface area is 131 Å². The van der Waals surface area contributed by atoms with Gasteiger partial charge in [-0.3, -0.25) is 5.10 Å². The third kappa shape index (κ3) is 5.61. The number of sulfonamides is 1. The minimum Gasteiger partial charge on any atom is -0.313 e. The predicted molar refractivity (Wildman–Crippen MR) is 88.1 cm³/mol. The van der Waals surface area contributed by atoms with Crippen LogP contribution < -0.4 is 10.0 Å². The van der Waals surface area contributed by atoms with Gasteiger partial charge < -0.3 is 5.32 Å². The monoisotopic (exact) mass is 334 g/mol. The van der Waals surface area contributed by atoms with Crippen LogP contribution in [0.4, 0.5) is 0 Å². The zero-order valence-electron chi connectivity index (χ0n) is 13.2. The van der Waals surface area contributed by atoms with E-state index in [4.69, 9.17) is 0 Å². The van der Waals surface area contributed by atoms with Crippen molar-refractivity contribution >= 4 is 21.8 Å². The van der Waals surface area contributed by atoms with E-state index < -0.39 is 10.0 Å². The lowest BCUT2D eigenvalue weighted by Crippen LogP contribution is -2.30. The van der Waals surface area contributed by atoms with Crippen LogP contribution in [0, 0.1) is 12.8 Å². The van der Waals surface area contributed by atoms with Crippen molar-refractivity contribution in [3.8, 4) is 0 Å². The molecule has 0 amide bonds. The smallest absolute Gasteiger partial charge is 0.260 e. The molecule has 1 rings (SSSR count). The van der Waals surface area contributed by atoms with E-state index in [1.807, 2.05) is 20.1 Å². The van der Waals surface area contributed by atoms with E-state index in [-0.39, 0.29) is 10.9 Å². The Kier molecular flexibility index (Phi) is 7.72. The number of aromatic nitrogens is 2. The maximum Gasteiger partial charge on any atom is 0.260 e. The summed E-state index contributed by atoms with van der Waals surface area (Å²) in [7, 11) is -3.56. The Morgan fingerprint density at radius 1 is 1.43 bits per heavy atom. The minimum atomic E-state index is -3.56. The number of H-pyrrole nitrogens is 1. The van der Waals surface area contributed by atoms with Gasteiger partial charge in [0.25, 0.3) is 10.0 Å². The Morgan fingerprint density at radius 3 is 2.76 bits per heavy atom. The number of aromatic amines is 1. The molecular formula is C13H26N4O2S2. The molecule has 1 unspecified atom stereocenters. The number of rotatable bonds is 10. The van der Waals surface area contributed by atoms with Crippen LogP contribution in [0.25, 0.3) is 0 Å². The first-order valence-corrected chi connectivity index (χ1v) is 10.0. The Morgan fingerprint density at radius 2 is 2.14 bits per heavy atom. The van der Waals surface area contributed by atoms with Gasteiger partial charge in [-0.25, -0.2) is 13.1 Å². The van der Waals surface area contributed by atoms with Crippen molar-refractivity contribution in [1.82, 2.24) is 20.2 Å². The summed E-state index contributed by atoms with van der Waals surface area (Å²) >= 11 is 1.71. The third-order valence-corrected chi connectivity index (χ3v) is 5.39. The molecule has 0 aliphatic heterocycles. The molecule has 6 nitrogen and oxygen atoms in total. The number of hydrogen-bond donors (Lipinski definition) is 3. The van der Waals surface area contributed by atoms with Crippen LogP contribution in [0.5, 0.6) is 0 Å². The number of thioether (sulfide) groups is 1. The minimum absolute atomic E-state index is 0.111. The van der Waals surface area contributed by atoms with Gasteiger partial charge in [-0.1, -0.05) is 13.8 Å². The van der Waals surface area contributed by atoms with Crippen molar-refractivity contribution in [2.45, 2.75) is 38.8 Å². The second kappa shape index (κ2) is 8.77. The highest BCUT2D eigenvalue weighted by Crippen LogP contribution is 2.16. The van der Waals surface area contributed by atoms with Crippen molar-refractivity contribution in [3.05, 3.63) is 11.3 Å². The molecule has 1 heterocycles. The van der Waals surface area contributed by atoms with Gasteiger partial charge in [0.05, 0.1) is 0 Å². The molecule has 21 heavy (non-hydrogen) atoms. The van der Waals surface area contributed by atoms with Crippen LogP contribution in [0.15, 0.2) is 5.03 Å². The van der Waals surface area contributed by atoms with Gasteiger partial charge >= 0.3 is 0 Å². The van der Waals surface area contributed by atoms with E-state index in [1.54, 1.807) is 11.8 Å². The van der Waals surface area contributed by atoms with E-state index in [0.29, 0.717) is 18.7 Å². The highest BCUT2D eigenvalue weighted by atomic mass is 32.2. The first kappa shape index (κ1) is 18.5. The van der Waals surface area contributed by atoms with Gasteiger partial charge in [-0.05, 0) is 37.8 Å². The molecule has 0 spiro atoms. The van der Waals surface area contributed by atoms with Crippen molar-refractivity contribution in [2.24, 2.45) is 5.92 Å². The van der Waals surface area contributed by atoms with Crippen LogP contribution in [0.2, 0.25) is 0 Å². The average molecular weight is 335 g/mol. The van der Waals surface area contributed by atoms with Gasteiger partial charge in [0, 0.05) is 24.3 Å². The zero-order chi connectivity index (χ0) is 15.9.